The average Bonchev–Trinajstić information content (AvgIpc) is 2.11. The first kappa shape index (κ1) is 14.4. The fourth-order valence-electron chi connectivity index (χ4n) is 1.39. The zero-order valence-corrected chi connectivity index (χ0v) is 9.88. The number of amides is 1. The van der Waals surface area contributed by atoms with Crippen LogP contribution in [0.2, 0.25) is 0 Å². The standard InChI is InChI=1S/C11H24N2O2/c1-11(2,7-9-14)13-10(15)6-4-3-5-8-12/h14H,3-9,12H2,1-2H3,(H,13,15). The van der Waals surface area contributed by atoms with E-state index < -0.39 is 0 Å². The number of nitrogens with two attached hydrogens (primary N) is 1. The zero-order chi connectivity index (χ0) is 11.7. The minimum Gasteiger partial charge on any atom is -0.396 e. The Morgan fingerprint density at radius 1 is 1.33 bits per heavy atom. The second-order valence-corrected chi connectivity index (χ2v) is 4.51. The molecule has 1 amide bonds. The normalized spacial score (nSPS) is 11.5. The smallest absolute Gasteiger partial charge is 0.220 e. The van der Waals surface area contributed by atoms with Gasteiger partial charge >= 0.3 is 0 Å². The SMILES string of the molecule is CC(C)(CCO)NC(=O)CCCCCN. The number of carbonyl (C=O) groups is 1. The van der Waals surface area contributed by atoms with Crippen molar-refractivity contribution in [3.8, 4) is 0 Å². The number of nitrogens with one attached hydrogen (secondary N) is 1. The van der Waals surface area contributed by atoms with Gasteiger partial charge in [-0.2, -0.15) is 0 Å². The van der Waals surface area contributed by atoms with Crippen LogP contribution in [0.5, 0.6) is 0 Å². The third-order valence-electron chi connectivity index (χ3n) is 2.32. The summed E-state index contributed by atoms with van der Waals surface area (Å²) < 4.78 is 0. The van der Waals surface area contributed by atoms with Crippen LogP contribution >= 0.6 is 0 Å². The molecule has 0 saturated heterocycles. The molecule has 0 bridgehead atoms. The molecule has 0 atom stereocenters. The van der Waals surface area contributed by atoms with E-state index in [4.69, 9.17) is 10.8 Å². The third-order valence-corrected chi connectivity index (χ3v) is 2.32. The first-order chi connectivity index (χ1) is 7.02. The highest BCUT2D eigenvalue weighted by Gasteiger charge is 2.18. The van der Waals surface area contributed by atoms with Crippen molar-refractivity contribution in [1.29, 1.82) is 0 Å². The Labute approximate surface area is 92.2 Å². The number of aliphatic hydroxyl groups excluding tert-OH is 1. The van der Waals surface area contributed by atoms with Gasteiger partial charge in [0.15, 0.2) is 0 Å². The van der Waals surface area contributed by atoms with E-state index >= 15 is 0 Å². The predicted octanol–water partition coefficient (Wildman–Crippen LogP) is 0.783. The van der Waals surface area contributed by atoms with Gasteiger partial charge in [0.1, 0.15) is 0 Å². The lowest BCUT2D eigenvalue weighted by molar-refractivity contribution is -0.122. The molecule has 0 fully saturated rings. The molecule has 0 aliphatic rings. The maximum atomic E-state index is 11.5. The van der Waals surface area contributed by atoms with E-state index in [2.05, 4.69) is 5.32 Å². The van der Waals surface area contributed by atoms with E-state index in [1.54, 1.807) is 0 Å². The van der Waals surface area contributed by atoms with E-state index in [0.717, 1.165) is 19.3 Å². The van der Waals surface area contributed by atoms with E-state index in [-0.39, 0.29) is 18.1 Å². The molecule has 0 spiro atoms. The van der Waals surface area contributed by atoms with E-state index in [1.165, 1.54) is 0 Å². The number of carbonyl (C=O) groups excluding carboxylic acids is 1. The molecule has 0 aromatic carbocycles. The Kier molecular flexibility index (Phi) is 7.34. The lowest BCUT2D eigenvalue weighted by Crippen LogP contribution is -2.43. The number of rotatable bonds is 8. The Balaban J connectivity index is 3.63. The van der Waals surface area contributed by atoms with Crippen LogP contribution in [0.3, 0.4) is 0 Å². The number of hydrogen-bond donors (Lipinski definition) is 3. The summed E-state index contributed by atoms with van der Waals surface area (Å²) in [6.45, 7) is 4.63. The molecule has 0 aromatic rings. The summed E-state index contributed by atoms with van der Waals surface area (Å²) in [6, 6.07) is 0. The summed E-state index contributed by atoms with van der Waals surface area (Å²) in [5.74, 6) is 0.0606. The van der Waals surface area contributed by atoms with Crippen molar-refractivity contribution in [2.24, 2.45) is 5.73 Å². The summed E-state index contributed by atoms with van der Waals surface area (Å²) in [6.07, 6.45) is 4.01. The maximum Gasteiger partial charge on any atom is 0.220 e. The van der Waals surface area contributed by atoms with E-state index in [1.807, 2.05) is 13.8 Å². The molecule has 0 saturated carbocycles. The first-order valence-electron chi connectivity index (χ1n) is 5.64. The molecule has 90 valence electrons. The van der Waals surface area contributed by atoms with Gasteiger partial charge in [0, 0.05) is 18.6 Å². The number of unbranched alkanes of at least 4 members (excludes halogenated alkanes) is 2. The van der Waals surface area contributed by atoms with Gasteiger partial charge in [-0.3, -0.25) is 4.79 Å². The largest absolute Gasteiger partial charge is 0.396 e. The molecule has 0 unspecified atom stereocenters. The highest BCUT2D eigenvalue weighted by atomic mass is 16.3. The van der Waals surface area contributed by atoms with Crippen molar-refractivity contribution in [3.05, 3.63) is 0 Å². The van der Waals surface area contributed by atoms with Crippen LogP contribution in [0.25, 0.3) is 0 Å². The molecule has 4 N–H and O–H groups in total. The van der Waals surface area contributed by atoms with Crippen molar-refractivity contribution in [2.75, 3.05) is 13.2 Å². The summed E-state index contributed by atoms with van der Waals surface area (Å²) >= 11 is 0. The average molecular weight is 216 g/mol. The van der Waals surface area contributed by atoms with Crippen molar-refractivity contribution in [2.45, 2.75) is 51.5 Å². The summed E-state index contributed by atoms with van der Waals surface area (Å²) in [7, 11) is 0. The Morgan fingerprint density at radius 3 is 2.53 bits per heavy atom. The Morgan fingerprint density at radius 2 is 2.00 bits per heavy atom. The van der Waals surface area contributed by atoms with Gasteiger partial charge < -0.3 is 16.2 Å². The molecular formula is C11H24N2O2. The number of aliphatic hydroxyl groups is 1. The lowest BCUT2D eigenvalue weighted by atomic mass is 10.0. The molecule has 0 rings (SSSR count). The first-order valence-corrected chi connectivity index (χ1v) is 5.64. The van der Waals surface area contributed by atoms with Crippen LogP contribution in [0.15, 0.2) is 0 Å². The second kappa shape index (κ2) is 7.65. The van der Waals surface area contributed by atoms with Gasteiger partial charge in [0.05, 0.1) is 0 Å². The fourth-order valence-corrected chi connectivity index (χ4v) is 1.39. The molecule has 4 heteroatoms. The van der Waals surface area contributed by atoms with Crippen LogP contribution in [0.4, 0.5) is 0 Å². The lowest BCUT2D eigenvalue weighted by Gasteiger charge is -2.25. The summed E-state index contributed by atoms with van der Waals surface area (Å²) in [4.78, 5) is 11.5. The molecule has 0 heterocycles. The van der Waals surface area contributed by atoms with Crippen LogP contribution in [-0.2, 0) is 4.79 Å². The van der Waals surface area contributed by atoms with Crippen molar-refractivity contribution in [3.63, 3.8) is 0 Å². The molecule has 0 aromatic heterocycles. The van der Waals surface area contributed by atoms with Gasteiger partial charge in [-0.1, -0.05) is 6.42 Å². The van der Waals surface area contributed by atoms with Crippen LogP contribution in [0.1, 0.15) is 46.0 Å². The van der Waals surface area contributed by atoms with Gasteiger partial charge in [-0.25, -0.2) is 0 Å². The van der Waals surface area contributed by atoms with Gasteiger partial charge in [0.25, 0.3) is 0 Å². The minimum atomic E-state index is -0.306. The molecule has 15 heavy (non-hydrogen) atoms. The minimum absolute atomic E-state index is 0.0606. The zero-order valence-electron chi connectivity index (χ0n) is 9.88. The highest BCUT2D eigenvalue weighted by molar-refractivity contribution is 5.76. The van der Waals surface area contributed by atoms with Crippen molar-refractivity contribution in [1.82, 2.24) is 5.32 Å². The Bertz CT molecular complexity index is 181. The number of hydrogen-bond acceptors (Lipinski definition) is 3. The Hall–Kier alpha value is -0.610. The van der Waals surface area contributed by atoms with E-state index in [0.29, 0.717) is 19.4 Å². The summed E-state index contributed by atoms with van der Waals surface area (Å²) in [5.41, 5.74) is 5.05. The highest BCUT2D eigenvalue weighted by Crippen LogP contribution is 2.08. The van der Waals surface area contributed by atoms with E-state index in [9.17, 15) is 4.79 Å². The van der Waals surface area contributed by atoms with Crippen molar-refractivity contribution < 1.29 is 9.90 Å². The molecule has 0 aliphatic carbocycles. The van der Waals surface area contributed by atoms with Crippen molar-refractivity contribution >= 4 is 5.91 Å². The third kappa shape index (κ3) is 8.39. The summed E-state index contributed by atoms with van der Waals surface area (Å²) in [5, 5.41) is 11.7. The van der Waals surface area contributed by atoms with Crippen LogP contribution in [-0.4, -0.2) is 29.7 Å². The van der Waals surface area contributed by atoms with Gasteiger partial charge in [-0.15, -0.1) is 0 Å². The maximum absolute atomic E-state index is 11.5. The second-order valence-electron chi connectivity index (χ2n) is 4.51. The topological polar surface area (TPSA) is 75.3 Å². The molecule has 0 radical (unpaired) electrons. The van der Waals surface area contributed by atoms with Crippen LogP contribution in [0, 0.1) is 0 Å². The molecule has 0 aliphatic heterocycles. The van der Waals surface area contributed by atoms with Gasteiger partial charge in [0.2, 0.25) is 5.91 Å². The quantitative estimate of drug-likeness (QED) is 0.525. The van der Waals surface area contributed by atoms with Crippen LogP contribution < -0.4 is 11.1 Å². The monoisotopic (exact) mass is 216 g/mol. The predicted molar refractivity (Wildman–Crippen MR) is 61.4 cm³/mol. The van der Waals surface area contributed by atoms with Gasteiger partial charge in [-0.05, 0) is 39.7 Å². The molecule has 4 nitrogen and oxygen atoms in total. The fraction of sp³-hybridized carbons (Fsp3) is 0.909. The molecular weight excluding hydrogens is 192 g/mol.